The average molecular weight is 209 g/mol. The zero-order chi connectivity index (χ0) is 10.8. The Hall–Kier alpha value is -0.750. The highest BCUT2D eigenvalue weighted by molar-refractivity contribution is 5.76. The highest BCUT2D eigenvalue weighted by atomic mass is 19.3. The monoisotopic (exact) mass is 209 g/mol. The minimum Gasteiger partial charge on any atom is -0.468 e. The Kier molecular flexibility index (Phi) is 3.38. The van der Waals surface area contributed by atoms with E-state index in [0.29, 0.717) is 13.0 Å². The number of alkyl halides is 2. The number of rotatable bonds is 4. The molecule has 1 fully saturated rings. The summed E-state index contributed by atoms with van der Waals surface area (Å²) in [6.07, 6.45) is 0.536. The molecule has 14 heavy (non-hydrogen) atoms. The Morgan fingerprint density at radius 3 is 2.71 bits per heavy atom. The molecule has 0 amide bonds. The number of ether oxygens (including phenoxy) is 1. The first kappa shape index (κ1) is 11.3. The Labute approximate surface area is 80.4 Å². The third kappa shape index (κ3) is 2.39. The van der Waals surface area contributed by atoms with E-state index in [4.69, 9.17) is 5.11 Å². The van der Waals surface area contributed by atoms with Gasteiger partial charge in [0.15, 0.2) is 0 Å². The fourth-order valence-corrected chi connectivity index (χ4v) is 1.38. The zero-order valence-electron chi connectivity index (χ0n) is 7.87. The van der Waals surface area contributed by atoms with Gasteiger partial charge < -0.3 is 9.84 Å². The van der Waals surface area contributed by atoms with E-state index in [-0.39, 0.29) is 0 Å². The normalized spacial score (nSPS) is 23.0. The van der Waals surface area contributed by atoms with Crippen molar-refractivity contribution < 1.29 is 23.4 Å². The lowest BCUT2D eigenvalue weighted by Gasteiger charge is -2.40. The molecule has 1 atom stereocenters. The van der Waals surface area contributed by atoms with Crippen LogP contribution in [0.25, 0.3) is 0 Å². The van der Waals surface area contributed by atoms with Crippen LogP contribution in [0.5, 0.6) is 0 Å². The first-order chi connectivity index (χ1) is 6.50. The van der Waals surface area contributed by atoms with Crippen LogP contribution in [0.2, 0.25) is 0 Å². The third-order valence-electron chi connectivity index (χ3n) is 2.27. The number of aliphatic hydroxyl groups is 1. The molecule has 0 bridgehead atoms. The lowest BCUT2D eigenvalue weighted by atomic mass is 10.0. The highest BCUT2D eigenvalue weighted by Gasteiger charge is 2.41. The molecule has 0 aliphatic carbocycles. The summed E-state index contributed by atoms with van der Waals surface area (Å²) in [7, 11) is 1.23. The fourth-order valence-electron chi connectivity index (χ4n) is 1.38. The predicted octanol–water partition coefficient (Wildman–Crippen LogP) is -0.139. The molecule has 0 aromatic heterocycles. The van der Waals surface area contributed by atoms with Crippen molar-refractivity contribution in [3.8, 4) is 0 Å². The number of likely N-dealkylation sites (tertiary alicyclic amines) is 1. The van der Waals surface area contributed by atoms with Gasteiger partial charge in [0, 0.05) is 6.54 Å². The second-order valence-corrected chi connectivity index (χ2v) is 3.31. The van der Waals surface area contributed by atoms with Crippen LogP contribution >= 0.6 is 0 Å². The van der Waals surface area contributed by atoms with Crippen LogP contribution in [0, 0.1) is 0 Å². The molecule has 0 aromatic carbocycles. The summed E-state index contributed by atoms with van der Waals surface area (Å²) in [4.78, 5) is 12.3. The maximum absolute atomic E-state index is 12.7. The van der Waals surface area contributed by atoms with Crippen LogP contribution < -0.4 is 0 Å². The largest absolute Gasteiger partial charge is 0.468 e. The molecule has 0 saturated carbocycles. The van der Waals surface area contributed by atoms with Crippen LogP contribution in [-0.2, 0) is 9.53 Å². The molecule has 1 aliphatic heterocycles. The Morgan fingerprint density at radius 2 is 2.36 bits per heavy atom. The number of carbonyl (C=O) groups excluding carboxylic acids is 1. The van der Waals surface area contributed by atoms with Crippen LogP contribution in [0.1, 0.15) is 6.42 Å². The van der Waals surface area contributed by atoms with E-state index >= 15 is 0 Å². The first-order valence-corrected chi connectivity index (χ1v) is 4.31. The Morgan fingerprint density at radius 1 is 1.71 bits per heavy atom. The van der Waals surface area contributed by atoms with Gasteiger partial charge in [-0.2, -0.15) is 0 Å². The molecule has 6 heteroatoms. The number of aliphatic hydroxyl groups excluding tert-OH is 1. The SMILES string of the molecule is COC(=O)C1CCN1CC(F)(F)CO. The Balaban J connectivity index is 2.44. The summed E-state index contributed by atoms with van der Waals surface area (Å²) in [5.41, 5.74) is 0. The van der Waals surface area contributed by atoms with Crippen molar-refractivity contribution in [1.82, 2.24) is 4.90 Å². The smallest absolute Gasteiger partial charge is 0.323 e. The minimum atomic E-state index is -3.15. The van der Waals surface area contributed by atoms with E-state index in [1.54, 1.807) is 0 Å². The van der Waals surface area contributed by atoms with Crippen molar-refractivity contribution in [2.24, 2.45) is 0 Å². The van der Waals surface area contributed by atoms with Crippen molar-refractivity contribution in [3.63, 3.8) is 0 Å². The number of halogens is 2. The van der Waals surface area contributed by atoms with Gasteiger partial charge in [0.2, 0.25) is 0 Å². The van der Waals surface area contributed by atoms with E-state index in [9.17, 15) is 13.6 Å². The van der Waals surface area contributed by atoms with Gasteiger partial charge in [-0.3, -0.25) is 9.69 Å². The molecule has 1 N–H and O–H groups in total. The van der Waals surface area contributed by atoms with Crippen molar-refractivity contribution in [1.29, 1.82) is 0 Å². The lowest BCUT2D eigenvalue weighted by Crippen LogP contribution is -2.56. The van der Waals surface area contributed by atoms with E-state index < -0.39 is 31.1 Å². The van der Waals surface area contributed by atoms with Crippen LogP contribution in [0.15, 0.2) is 0 Å². The summed E-state index contributed by atoms with van der Waals surface area (Å²) in [5.74, 6) is -3.64. The molecule has 4 nitrogen and oxygen atoms in total. The quantitative estimate of drug-likeness (QED) is 0.655. The maximum atomic E-state index is 12.7. The van der Waals surface area contributed by atoms with Gasteiger partial charge in [0.1, 0.15) is 12.6 Å². The molecule has 0 radical (unpaired) electrons. The molecular weight excluding hydrogens is 196 g/mol. The summed E-state index contributed by atoms with van der Waals surface area (Å²) >= 11 is 0. The number of methoxy groups -OCH3 is 1. The van der Waals surface area contributed by atoms with Crippen molar-refractivity contribution in [3.05, 3.63) is 0 Å². The van der Waals surface area contributed by atoms with Gasteiger partial charge in [0.25, 0.3) is 5.92 Å². The first-order valence-electron chi connectivity index (χ1n) is 4.31. The average Bonchev–Trinajstić information content (AvgIpc) is 2.12. The zero-order valence-corrected chi connectivity index (χ0v) is 7.87. The van der Waals surface area contributed by atoms with Gasteiger partial charge in [-0.15, -0.1) is 0 Å². The van der Waals surface area contributed by atoms with Crippen molar-refractivity contribution in [2.75, 3.05) is 26.8 Å². The van der Waals surface area contributed by atoms with E-state index in [2.05, 4.69) is 4.74 Å². The van der Waals surface area contributed by atoms with Gasteiger partial charge in [-0.05, 0) is 6.42 Å². The number of carbonyl (C=O) groups is 1. The van der Waals surface area contributed by atoms with E-state index in [0.717, 1.165) is 0 Å². The lowest BCUT2D eigenvalue weighted by molar-refractivity contribution is -0.157. The summed E-state index contributed by atoms with van der Waals surface area (Å²) in [6, 6.07) is -0.572. The van der Waals surface area contributed by atoms with Crippen molar-refractivity contribution in [2.45, 2.75) is 18.4 Å². The number of nitrogens with zero attached hydrogens (tertiary/aromatic N) is 1. The van der Waals surface area contributed by atoms with Crippen LogP contribution in [0.4, 0.5) is 8.78 Å². The molecule has 1 aliphatic rings. The molecule has 82 valence electrons. The number of hydrogen-bond donors (Lipinski definition) is 1. The molecule has 1 heterocycles. The second kappa shape index (κ2) is 4.18. The highest BCUT2D eigenvalue weighted by Crippen LogP contribution is 2.24. The Bertz CT molecular complexity index is 223. The second-order valence-electron chi connectivity index (χ2n) is 3.31. The molecule has 0 aromatic rings. The number of hydrogen-bond acceptors (Lipinski definition) is 4. The van der Waals surface area contributed by atoms with E-state index in [1.165, 1.54) is 12.0 Å². The molecule has 1 saturated heterocycles. The van der Waals surface area contributed by atoms with Gasteiger partial charge in [-0.1, -0.05) is 0 Å². The fraction of sp³-hybridized carbons (Fsp3) is 0.875. The maximum Gasteiger partial charge on any atom is 0.323 e. The summed E-state index contributed by atoms with van der Waals surface area (Å²) in [5, 5.41) is 8.35. The summed E-state index contributed by atoms with van der Waals surface area (Å²) < 4.78 is 29.9. The van der Waals surface area contributed by atoms with Crippen LogP contribution in [-0.4, -0.2) is 54.7 Å². The third-order valence-corrected chi connectivity index (χ3v) is 2.27. The van der Waals surface area contributed by atoms with Gasteiger partial charge >= 0.3 is 5.97 Å². The standard InChI is InChI=1S/C8H13F2NO3/c1-14-7(13)6-2-3-11(6)4-8(9,10)5-12/h6,12H,2-5H2,1H3. The van der Waals surface area contributed by atoms with Gasteiger partial charge in [-0.25, -0.2) is 8.78 Å². The predicted molar refractivity (Wildman–Crippen MR) is 44.0 cm³/mol. The van der Waals surface area contributed by atoms with Crippen LogP contribution in [0.3, 0.4) is 0 Å². The molecule has 1 unspecified atom stereocenters. The molecule has 0 spiro atoms. The van der Waals surface area contributed by atoms with Crippen molar-refractivity contribution >= 4 is 5.97 Å². The van der Waals surface area contributed by atoms with E-state index in [1.807, 2.05) is 0 Å². The van der Waals surface area contributed by atoms with Gasteiger partial charge in [0.05, 0.1) is 13.7 Å². The molecular formula is C8H13F2NO3. The summed E-state index contributed by atoms with van der Waals surface area (Å²) in [6.45, 7) is -1.35. The number of esters is 1. The minimum absolute atomic E-state index is 0.440. The molecule has 1 rings (SSSR count). The topological polar surface area (TPSA) is 49.8 Å².